The standard InChI is InChI=1S/C17H23NO2/c1-19-11-4-3-5-12(20-2)15(11)17(18)16-13-9-6-7-10(8-9)14(13)16/h3-5,9-10,13-14,16-17H,6-8,18H2,1-2H3. The van der Waals surface area contributed by atoms with E-state index in [0.29, 0.717) is 5.92 Å². The zero-order valence-corrected chi connectivity index (χ0v) is 12.2. The van der Waals surface area contributed by atoms with Crippen LogP contribution in [0.5, 0.6) is 11.5 Å². The van der Waals surface area contributed by atoms with Crippen molar-refractivity contribution >= 4 is 0 Å². The molecule has 0 spiro atoms. The Morgan fingerprint density at radius 1 is 1.05 bits per heavy atom. The Morgan fingerprint density at radius 3 is 2.10 bits per heavy atom. The maximum absolute atomic E-state index is 6.64. The molecule has 0 amide bonds. The maximum Gasteiger partial charge on any atom is 0.127 e. The van der Waals surface area contributed by atoms with Crippen molar-refractivity contribution in [3.63, 3.8) is 0 Å². The Bertz CT molecular complexity index is 491. The lowest BCUT2D eigenvalue weighted by atomic mass is 9.92. The summed E-state index contributed by atoms with van der Waals surface area (Å²) in [5.74, 6) is 6.02. The van der Waals surface area contributed by atoms with Crippen LogP contribution in [-0.4, -0.2) is 14.2 Å². The van der Waals surface area contributed by atoms with E-state index in [2.05, 4.69) is 0 Å². The first-order chi connectivity index (χ1) is 9.76. The maximum atomic E-state index is 6.64. The van der Waals surface area contributed by atoms with Gasteiger partial charge in [-0.1, -0.05) is 6.07 Å². The van der Waals surface area contributed by atoms with Gasteiger partial charge < -0.3 is 15.2 Å². The SMILES string of the molecule is COc1cccc(OC)c1C(N)C1C2C3CCC(C3)C21. The number of ether oxygens (including phenoxy) is 2. The monoisotopic (exact) mass is 273 g/mol. The second-order valence-corrected chi connectivity index (χ2v) is 6.67. The molecule has 3 aliphatic rings. The Hall–Kier alpha value is -1.22. The van der Waals surface area contributed by atoms with Crippen LogP contribution >= 0.6 is 0 Å². The number of rotatable bonds is 4. The van der Waals surface area contributed by atoms with Gasteiger partial charge >= 0.3 is 0 Å². The van der Waals surface area contributed by atoms with Gasteiger partial charge in [0.15, 0.2) is 0 Å². The summed E-state index contributed by atoms with van der Waals surface area (Å²) in [6.07, 6.45) is 4.32. The highest BCUT2D eigenvalue weighted by Crippen LogP contribution is 2.72. The number of hydrogen-bond donors (Lipinski definition) is 1. The highest BCUT2D eigenvalue weighted by Gasteiger charge is 2.66. The molecule has 2 N–H and O–H groups in total. The van der Waals surface area contributed by atoms with Crippen molar-refractivity contribution in [1.29, 1.82) is 0 Å². The van der Waals surface area contributed by atoms with E-state index in [0.717, 1.165) is 40.7 Å². The second kappa shape index (κ2) is 4.39. The van der Waals surface area contributed by atoms with Gasteiger partial charge in [-0.3, -0.25) is 0 Å². The minimum Gasteiger partial charge on any atom is -0.496 e. The van der Waals surface area contributed by atoms with Crippen molar-refractivity contribution < 1.29 is 9.47 Å². The first kappa shape index (κ1) is 12.5. The lowest BCUT2D eigenvalue weighted by Crippen LogP contribution is -2.19. The van der Waals surface area contributed by atoms with E-state index in [9.17, 15) is 0 Å². The zero-order valence-electron chi connectivity index (χ0n) is 12.2. The number of benzene rings is 1. The molecule has 0 heterocycles. The lowest BCUT2D eigenvalue weighted by molar-refractivity contribution is 0.359. The minimum absolute atomic E-state index is 0.0551. The highest BCUT2D eigenvalue weighted by atomic mass is 16.5. The molecule has 3 fully saturated rings. The molecule has 3 nitrogen and oxygen atoms in total. The largest absolute Gasteiger partial charge is 0.496 e. The van der Waals surface area contributed by atoms with Crippen LogP contribution in [0.15, 0.2) is 18.2 Å². The summed E-state index contributed by atoms with van der Waals surface area (Å²) in [6, 6.07) is 6.00. The third-order valence-electron chi connectivity index (χ3n) is 6.01. The van der Waals surface area contributed by atoms with Gasteiger partial charge in [0.1, 0.15) is 11.5 Å². The van der Waals surface area contributed by atoms with E-state index < -0.39 is 0 Å². The smallest absolute Gasteiger partial charge is 0.127 e. The average Bonchev–Trinajstić information content (AvgIpc) is 2.93. The number of nitrogens with two attached hydrogens (primary N) is 1. The quantitative estimate of drug-likeness (QED) is 0.917. The first-order valence-electron chi connectivity index (χ1n) is 7.72. The molecule has 0 aromatic heterocycles. The Morgan fingerprint density at radius 2 is 1.60 bits per heavy atom. The molecule has 2 bridgehead atoms. The van der Waals surface area contributed by atoms with Crippen LogP contribution < -0.4 is 15.2 Å². The predicted molar refractivity (Wildman–Crippen MR) is 77.8 cm³/mol. The number of hydrogen-bond acceptors (Lipinski definition) is 3. The summed E-state index contributed by atoms with van der Waals surface area (Å²) >= 11 is 0. The van der Waals surface area contributed by atoms with E-state index in [-0.39, 0.29) is 6.04 Å². The second-order valence-electron chi connectivity index (χ2n) is 6.67. The normalized spacial score (nSPS) is 38.5. The van der Waals surface area contributed by atoms with Gasteiger partial charge in [0.2, 0.25) is 0 Å². The molecule has 5 atom stereocenters. The molecule has 108 valence electrons. The van der Waals surface area contributed by atoms with Crippen molar-refractivity contribution in [1.82, 2.24) is 0 Å². The Labute approximate surface area is 120 Å². The molecule has 1 aromatic rings. The molecule has 5 unspecified atom stereocenters. The summed E-state index contributed by atoms with van der Waals surface area (Å²) in [4.78, 5) is 0. The van der Waals surface area contributed by atoms with Gasteiger partial charge in [-0.15, -0.1) is 0 Å². The van der Waals surface area contributed by atoms with Crippen LogP contribution in [0.25, 0.3) is 0 Å². The summed E-state index contributed by atoms with van der Waals surface area (Å²) in [5.41, 5.74) is 7.70. The molecule has 0 aliphatic heterocycles. The fourth-order valence-corrected chi connectivity index (χ4v) is 5.27. The summed E-state index contributed by atoms with van der Waals surface area (Å²) < 4.78 is 11.0. The molecular weight excluding hydrogens is 250 g/mol. The van der Waals surface area contributed by atoms with Crippen LogP contribution in [0.3, 0.4) is 0 Å². The van der Waals surface area contributed by atoms with E-state index in [4.69, 9.17) is 15.2 Å². The van der Waals surface area contributed by atoms with Crippen molar-refractivity contribution in [2.45, 2.75) is 25.3 Å². The molecular formula is C17H23NO2. The molecule has 1 aromatic carbocycles. The average molecular weight is 273 g/mol. The predicted octanol–water partition coefficient (Wildman–Crippen LogP) is 3.00. The summed E-state index contributed by atoms with van der Waals surface area (Å²) in [5, 5.41) is 0. The van der Waals surface area contributed by atoms with Gasteiger partial charge in [-0.25, -0.2) is 0 Å². The van der Waals surface area contributed by atoms with Gasteiger partial charge in [-0.2, -0.15) is 0 Å². The van der Waals surface area contributed by atoms with E-state index in [1.165, 1.54) is 19.3 Å². The first-order valence-corrected chi connectivity index (χ1v) is 7.72. The highest BCUT2D eigenvalue weighted by molar-refractivity contribution is 5.48. The molecule has 0 saturated heterocycles. The van der Waals surface area contributed by atoms with Gasteiger partial charge in [-0.05, 0) is 61.0 Å². The van der Waals surface area contributed by atoms with Crippen LogP contribution in [0, 0.1) is 29.6 Å². The Balaban J connectivity index is 1.65. The topological polar surface area (TPSA) is 44.5 Å². The molecule has 3 saturated carbocycles. The van der Waals surface area contributed by atoms with Crippen molar-refractivity contribution in [2.75, 3.05) is 14.2 Å². The fraction of sp³-hybridized carbons (Fsp3) is 0.647. The van der Waals surface area contributed by atoms with Crippen LogP contribution in [0.2, 0.25) is 0 Å². The van der Waals surface area contributed by atoms with Crippen LogP contribution in [0.1, 0.15) is 30.9 Å². The van der Waals surface area contributed by atoms with Crippen LogP contribution in [0.4, 0.5) is 0 Å². The van der Waals surface area contributed by atoms with Crippen molar-refractivity contribution in [2.24, 2.45) is 35.3 Å². The van der Waals surface area contributed by atoms with E-state index in [1.807, 2.05) is 18.2 Å². The number of fused-ring (bicyclic) bond motifs is 5. The van der Waals surface area contributed by atoms with Crippen molar-refractivity contribution in [3.05, 3.63) is 23.8 Å². The zero-order chi connectivity index (χ0) is 13.9. The lowest BCUT2D eigenvalue weighted by Gasteiger charge is -2.21. The van der Waals surface area contributed by atoms with Crippen LogP contribution in [-0.2, 0) is 0 Å². The molecule has 0 radical (unpaired) electrons. The summed E-state index contributed by atoms with van der Waals surface area (Å²) in [7, 11) is 3.42. The van der Waals surface area contributed by atoms with E-state index >= 15 is 0 Å². The Kier molecular flexibility index (Phi) is 2.75. The fourth-order valence-electron chi connectivity index (χ4n) is 5.27. The van der Waals surface area contributed by atoms with E-state index in [1.54, 1.807) is 14.2 Å². The molecule has 4 rings (SSSR count). The summed E-state index contributed by atoms with van der Waals surface area (Å²) in [6.45, 7) is 0. The molecule has 20 heavy (non-hydrogen) atoms. The number of methoxy groups -OCH3 is 2. The van der Waals surface area contributed by atoms with Gasteiger partial charge in [0.05, 0.1) is 19.8 Å². The van der Waals surface area contributed by atoms with Gasteiger partial charge in [0.25, 0.3) is 0 Å². The molecule has 3 aliphatic carbocycles. The third-order valence-corrected chi connectivity index (χ3v) is 6.01. The minimum atomic E-state index is 0.0551. The molecule has 3 heteroatoms. The van der Waals surface area contributed by atoms with Crippen molar-refractivity contribution in [3.8, 4) is 11.5 Å². The third kappa shape index (κ3) is 1.56. The van der Waals surface area contributed by atoms with Gasteiger partial charge in [0, 0.05) is 6.04 Å².